The van der Waals surface area contributed by atoms with E-state index in [1.54, 1.807) is 0 Å². The van der Waals surface area contributed by atoms with Crippen molar-refractivity contribution in [2.75, 3.05) is 7.11 Å². The lowest BCUT2D eigenvalue weighted by molar-refractivity contribution is -0.142. The van der Waals surface area contributed by atoms with Gasteiger partial charge in [0.25, 0.3) is 0 Å². The van der Waals surface area contributed by atoms with E-state index in [1.165, 1.54) is 7.11 Å². The average Bonchev–Trinajstić information content (AvgIpc) is 2.16. The fourth-order valence-electron chi connectivity index (χ4n) is 1.56. The number of rotatable bonds is 3. The minimum Gasteiger partial charge on any atom is -0.469 e. The largest absolute Gasteiger partial charge is 0.469 e. The van der Waals surface area contributed by atoms with E-state index in [9.17, 15) is 9.90 Å². The van der Waals surface area contributed by atoms with E-state index in [4.69, 9.17) is 0 Å². The van der Waals surface area contributed by atoms with Crippen LogP contribution in [-0.4, -0.2) is 18.2 Å². The van der Waals surface area contributed by atoms with Gasteiger partial charge in [-0.3, -0.25) is 4.79 Å². The van der Waals surface area contributed by atoms with E-state index in [0.29, 0.717) is 0 Å². The number of esters is 1. The Morgan fingerprint density at radius 2 is 1.87 bits per heavy atom. The molecule has 0 spiro atoms. The first-order valence-corrected chi connectivity index (χ1v) is 4.86. The Hall–Kier alpha value is -1.35. The van der Waals surface area contributed by atoms with Crippen LogP contribution in [0.4, 0.5) is 0 Å². The molecule has 1 unspecified atom stereocenters. The molecular formula is C12H16O3. The number of hydrogen-bond donors (Lipinski definition) is 1. The third kappa shape index (κ3) is 3.36. The van der Waals surface area contributed by atoms with Gasteiger partial charge in [0.1, 0.15) is 0 Å². The van der Waals surface area contributed by atoms with Crippen molar-refractivity contribution in [1.29, 1.82) is 0 Å². The molecule has 0 bridgehead atoms. The molecule has 1 aromatic rings. The molecule has 0 heterocycles. The summed E-state index contributed by atoms with van der Waals surface area (Å²) in [5.74, 6) is -0.401. The van der Waals surface area contributed by atoms with Crippen LogP contribution in [0.5, 0.6) is 0 Å². The van der Waals surface area contributed by atoms with Crippen LogP contribution in [0, 0.1) is 13.8 Å². The van der Waals surface area contributed by atoms with Crippen molar-refractivity contribution < 1.29 is 14.6 Å². The molecule has 1 atom stereocenters. The first-order valence-electron chi connectivity index (χ1n) is 4.86. The van der Waals surface area contributed by atoms with E-state index >= 15 is 0 Å². The lowest BCUT2D eigenvalue weighted by Gasteiger charge is -2.11. The molecule has 1 N–H and O–H groups in total. The normalized spacial score (nSPS) is 12.3. The Bertz CT molecular complexity index is 338. The Balaban J connectivity index is 2.81. The van der Waals surface area contributed by atoms with Crippen LogP contribution in [-0.2, 0) is 9.53 Å². The zero-order valence-electron chi connectivity index (χ0n) is 9.28. The molecular weight excluding hydrogens is 192 g/mol. The molecule has 3 heteroatoms. The van der Waals surface area contributed by atoms with Crippen LogP contribution >= 0.6 is 0 Å². The van der Waals surface area contributed by atoms with Crippen molar-refractivity contribution >= 4 is 5.97 Å². The number of carbonyl (C=O) groups excluding carboxylic acids is 1. The third-order valence-electron chi connectivity index (χ3n) is 2.22. The summed E-state index contributed by atoms with van der Waals surface area (Å²) in [5.41, 5.74) is 2.92. The molecule has 0 aromatic heterocycles. The summed E-state index contributed by atoms with van der Waals surface area (Å²) in [6.07, 6.45) is -0.782. The number of aliphatic hydroxyl groups excluding tert-OH is 1. The summed E-state index contributed by atoms with van der Waals surface area (Å²) in [6, 6.07) is 5.77. The molecule has 82 valence electrons. The smallest absolute Gasteiger partial charge is 0.308 e. The Kier molecular flexibility index (Phi) is 3.86. The lowest BCUT2D eigenvalue weighted by Crippen LogP contribution is -2.08. The van der Waals surface area contributed by atoms with Crippen LogP contribution in [0.25, 0.3) is 0 Å². The highest BCUT2D eigenvalue weighted by molar-refractivity contribution is 5.70. The van der Waals surface area contributed by atoms with Gasteiger partial charge < -0.3 is 9.84 Å². The second-order valence-electron chi connectivity index (χ2n) is 3.72. The van der Waals surface area contributed by atoms with Crippen LogP contribution in [0.2, 0.25) is 0 Å². The van der Waals surface area contributed by atoms with Crippen molar-refractivity contribution in [3.8, 4) is 0 Å². The second kappa shape index (κ2) is 4.94. The van der Waals surface area contributed by atoms with Crippen molar-refractivity contribution in [1.82, 2.24) is 0 Å². The molecule has 0 aliphatic rings. The van der Waals surface area contributed by atoms with E-state index in [1.807, 2.05) is 32.0 Å². The zero-order chi connectivity index (χ0) is 11.4. The summed E-state index contributed by atoms with van der Waals surface area (Å²) in [5, 5.41) is 9.77. The molecule has 3 nitrogen and oxygen atoms in total. The Labute approximate surface area is 89.7 Å². The molecule has 0 amide bonds. The summed E-state index contributed by atoms with van der Waals surface area (Å²) in [6.45, 7) is 3.92. The Morgan fingerprint density at radius 1 is 1.33 bits per heavy atom. The maximum Gasteiger partial charge on any atom is 0.308 e. The molecule has 15 heavy (non-hydrogen) atoms. The predicted molar refractivity (Wildman–Crippen MR) is 57.5 cm³/mol. The fourth-order valence-corrected chi connectivity index (χ4v) is 1.56. The van der Waals surface area contributed by atoms with Gasteiger partial charge in [-0.15, -0.1) is 0 Å². The van der Waals surface area contributed by atoms with Crippen molar-refractivity contribution in [2.24, 2.45) is 0 Å². The summed E-state index contributed by atoms with van der Waals surface area (Å²) in [4.78, 5) is 11.0. The number of benzene rings is 1. The number of hydrogen-bond acceptors (Lipinski definition) is 3. The molecule has 0 saturated heterocycles. The Morgan fingerprint density at radius 3 is 2.33 bits per heavy atom. The van der Waals surface area contributed by atoms with Crippen LogP contribution in [0.15, 0.2) is 18.2 Å². The van der Waals surface area contributed by atoms with Gasteiger partial charge in [0.2, 0.25) is 0 Å². The highest BCUT2D eigenvalue weighted by Crippen LogP contribution is 2.19. The summed E-state index contributed by atoms with van der Waals surface area (Å²) >= 11 is 0. The average molecular weight is 208 g/mol. The predicted octanol–water partition coefficient (Wildman–Crippen LogP) is 1.90. The maximum absolute atomic E-state index is 11.0. The topological polar surface area (TPSA) is 46.5 Å². The van der Waals surface area contributed by atoms with Gasteiger partial charge in [-0.1, -0.05) is 29.3 Å². The van der Waals surface area contributed by atoms with Gasteiger partial charge in [0, 0.05) is 0 Å². The monoisotopic (exact) mass is 208 g/mol. The third-order valence-corrected chi connectivity index (χ3v) is 2.22. The van der Waals surface area contributed by atoms with E-state index in [0.717, 1.165) is 16.7 Å². The minimum absolute atomic E-state index is 0.000602. The number of ether oxygens (including phenoxy) is 1. The van der Waals surface area contributed by atoms with Crippen molar-refractivity contribution in [3.63, 3.8) is 0 Å². The molecule has 0 aliphatic carbocycles. The summed E-state index contributed by atoms with van der Waals surface area (Å²) < 4.78 is 4.50. The van der Waals surface area contributed by atoms with Gasteiger partial charge >= 0.3 is 5.97 Å². The molecule has 0 fully saturated rings. The second-order valence-corrected chi connectivity index (χ2v) is 3.72. The molecule has 0 aliphatic heterocycles. The minimum atomic E-state index is -0.781. The highest BCUT2D eigenvalue weighted by atomic mass is 16.5. The number of carbonyl (C=O) groups is 1. The van der Waals surface area contributed by atoms with Gasteiger partial charge in [-0.05, 0) is 19.4 Å². The molecule has 0 radical (unpaired) electrons. The molecule has 1 rings (SSSR count). The maximum atomic E-state index is 11.0. The van der Waals surface area contributed by atoms with Crippen molar-refractivity contribution in [2.45, 2.75) is 26.4 Å². The summed E-state index contributed by atoms with van der Waals surface area (Å²) in [7, 11) is 1.32. The van der Waals surface area contributed by atoms with E-state index in [-0.39, 0.29) is 6.42 Å². The van der Waals surface area contributed by atoms with Gasteiger partial charge in [0.15, 0.2) is 0 Å². The van der Waals surface area contributed by atoms with Crippen LogP contribution < -0.4 is 0 Å². The standard InChI is InChI=1S/C12H16O3/c1-8-4-9(2)6-10(5-8)11(13)7-12(14)15-3/h4-6,11,13H,7H2,1-3H3. The van der Waals surface area contributed by atoms with Gasteiger partial charge in [-0.2, -0.15) is 0 Å². The van der Waals surface area contributed by atoms with E-state index < -0.39 is 12.1 Å². The lowest BCUT2D eigenvalue weighted by atomic mass is 10.0. The fraction of sp³-hybridized carbons (Fsp3) is 0.417. The first kappa shape index (κ1) is 11.7. The highest BCUT2D eigenvalue weighted by Gasteiger charge is 2.13. The number of methoxy groups -OCH3 is 1. The zero-order valence-corrected chi connectivity index (χ0v) is 9.28. The number of aryl methyl sites for hydroxylation is 2. The number of aliphatic hydroxyl groups is 1. The SMILES string of the molecule is COC(=O)CC(O)c1cc(C)cc(C)c1. The quantitative estimate of drug-likeness (QED) is 0.772. The van der Waals surface area contributed by atoms with Gasteiger partial charge in [0.05, 0.1) is 19.6 Å². The first-order chi connectivity index (χ1) is 7.02. The van der Waals surface area contributed by atoms with Crippen LogP contribution in [0.3, 0.4) is 0 Å². The molecule has 1 aromatic carbocycles. The van der Waals surface area contributed by atoms with Crippen LogP contribution in [0.1, 0.15) is 29.2 Å². The van der Waals surface area contributed by atoms with Crippen molar-refractivity contribution in [3.05, 3.63) is 34.9 Å². The molecule has 0 saturated carbocycles. The van der Waals surface area contributed by atoms with E-state index in [2.05, 4.69) is 4.74 Å². The van der Waals surface area contributed by atoms with Gasteiger partial charge in [-0.25, -0.2) is 0 Å².